The maximum absolute atomic E-state index is 10.3. The van der Waals surface area contributed by atoms with Crippen molar-refractivity contribution < 1.29 is 14.6 Å². The largest absolute Gasteiger partial charge is 0.497 e. The number of aliphatic hydroxyl groups is 1. The summed E-state index contributed by atoms with van der Waals surface area (Å²) >= 11 is 3.36. The summed E-state index contributed by atoms with van der Waals surface area (Å²) in [6.45, 7) is 0. The van der Waals surface area contributed by atoms with Gasteiger partial charge in [-0.25, -0.2) is 0 Å². The summed E-state index contributed by atoms with van der Waals surface area (Å²) in [5, 5.41) is 10.3. The molecule has 0 radical (unpaired) electrons. The Morgan fingerprint density at radius 3 is 2.90 bits per heavy atom. The first-order valence-electron chi connectivity index (χ1n) is 6.31. The van der Waals surface area contributed by atoms with E-state index in [4.69, 9.17) is 9.47 Å². The van der Waals surface area contributed by atoms with Crippen LogP contribution in [0.25, 0.3) is 0 Å². The van der Waals surface area contributed by atoms with Gasteiger partial charge in [0.15, 0.2) is 0 Å². The minimum Gasteiger partial charge on any atom is -0.497 e. The van der Waals surface area contributed by atoms with Crippen molar-refractivity contribution in [2.45, 2.75) is 18.6 Å². The van der Waals surface area contributed by atoms with E-state index in [9.17, 15) is 5.11 Å². The number of hydrogen-bond donors (Lipinski definition) is 1. The number of fused-ring (bicyclic) bond motifs is 1. The van der Waals surface area contributed by atoms with E-state index in [2.05, 4.69) is 20.9 Å². The van der Waals surface area contributed by atoms with E-state index in [1.807, 2.05) is 30.3 Å². The molecule has 0 saturated heterocycles. The van der Waals surface area contributed by atoms with Crippen LogP contribution < -0.4 is 9.47 Å². The first kappa shape index (κ1) is 13.4. The molecule has 0 bridgehead atoms. The van der Waals surface area contributed by atoms with E-state index in [0.717, 1.165) is 15.7 Å². The first-order chi connectivity index (χ1) is 9.67. The van der Waals surface area contributed by atoms with Crippen molar-refractivity contribution in [1.82, 2.24) is 4.98 Å². The molecule has 0 fully saturated rings. The van der Waals surface area contributed by atoms with Crippen LogP contribution in [0.5, 0.6) is 11.5 Å². The number of aromatic nitrogens is 1. The van der Waals surface area contributed by atoms with Gasteiger partial charge in [0, 0.05) is 22.7 Å². The van der Waals surface area contributed by atoms with Crippen molar-refractivity contribution in [2.24, 2.45) is 0 Å². The average molecular weight is 336 g/mol. The van der Waals surface area contributed by atoms with Gasteiger partial charge in [-0.2, -0.15) is 0 Å². The molecule has 1 aliphatic heterocycles. The van der Waals surface area contributed by atoms with Gasteiger partial charge in [-0.1, -0.05) is 0 Å². The fraction of sp³-hybridized carbons (Fsp3) is 0.267. The van der Waals surface area contributed by atoms with Gasteiger partial charge in [0.2, 0.25) is 0 Å². The van der Waals surface area contributed by atoms with Crippen LogP contribution in [-0.4, -0.2) is 17.2 Å². The molecule has 1 N–H and O–H groups in total. The summed E-state index contributed by atoms with van der Waals surface area (Å²) in [6, 6.07) is 9.27. The lowest BCUT2D eigenvalue weighted by Gasteiger charge is -2.29. The highest BCUT2D eigenvalue weighted by molar-refractivity contribution is 9.10. The molecule has 2 atom stereocenters. The van der Waals surface area contributed by atoms with Gasteiger partial charge in [-0.15, -0.1) is 0 Å². The molecule has 1 aromatic carbocycles. The second kappa shape index (κ2) is 5.42. The van der Waals surface area contributed by atoms with Crippen molar-refractivity contribution in [3.05, 3.63) is 52.3 Å². The fourth-order valence-corrected chi connectivity index (χ4v) is 2.55. The summed E-state index contributed by atoms with van der Waals surface area (Å²) in [6.07, 6.45) is 1.40. The predicted molar refractivity (Wildman–Crippen MR) is 77.9 cm³/mol. The lowest BCUT2D eigenvalue weighted by Crippen LogP contribution is -2.19. The predicted octanol–water partition coefficient (Wildman–Crippen LogP) is 3.41. The number of ether oxygens (including phenoxy) is 2. The summed E-state index contributed by atoms with van der Waals surface area (Å²) in [5.41, 5.74) is 1.58. The highest BCUT2D eigenvalue weighted by atomic mass is 79.9. The molecule has 0 aliphatic carbocycles. The molecule has 3 rings (SSSR count). The summed E-state index contributed by atoms with van der Waals surface area (Å²) in [7, 11) is 1.60. The highest BCUT2D eigenvalue weighted by Gasteiger charge is 2.29. The number of aliphatic hydroxyl groups excluding tert-OH is 1. The average Bonchev–Trinajstić information content (AvgIpc) is 2.47. The fourth-order valence-electron chi connectivity index (χ4n) is 2.31. The number of methoxy groups -OCH3 is 1. The molecule has 20 heavy (non-hydrogen) atoms. The van der Waals surface area contributed by atoms with E-state index >= 15 is 0 Å². The molecule has 1 aromatic heterocycles. The number of halogens is 1. The number of rotatable bonds is 2. The maximum Gasteiger partial charge on any atom is 0.143 e. The lowest BCUT2D eigenvalue weighted by molar-refractivity contribution is 0.0634. The Balaban J connectivity index is 1.90. The van der Waals surface area contributed by atoms with E-state index in [1.54, 1.807) is 13.3 Å². The molecule has 5 heteroatoms. The Morgan fingerprint density at radius 2 is 2.20 bits per heavy atom. The zero-order valence-corrected chi connectivity index (χ0v) is 12.5. The van der Waals surface area contributed by atoms with Crippen LogP contribution in [0.15, 0.2) is 41.0 Å². The number of hydrogen-bond acceptors (Lipinski definition) is 4. The quantitative estimate of drug-likeness (QED) is 0.913. The van der Waals surface area contributed by atoms with Crippen LogP contribution in [0.3, 0.4) is 0 Å². The van der Waals surface area contributed by atoms with Crippen LogP contribution in [0.2, 0.25) is 0 Å². The first-order valence-corrected chi connectivity index (χ1v) is 7.11. The molecule has 2 aromatic rings. The molecule has 1 unspecified atom stereocenters. The Bertz CT molecular complexity index is 615. The molecule has 1 aliphatic rings. The van der Waals surface area contributed by atoms with Crippen molar-refractivity contribution in [3.63, 3.8) is 0 Å². The maximum atomic E-state index is 10.3. The molecule has 0 spiro atoms. The minimum absolute atomic E-state index is 0.237. The Kier molecular flexibility index (Phi) is 3.63. The highest BCUT2D eigenvalue weighted by Crippen LogP contribution is 2.41. The number of pyridine rings is 1. The third-order valence-corrected chi connectivity index (χ3v) is 3.83. The van der Waals surface area contributed by atoms with Gasteiger partial charge in [0.05, 0.1) is 18.9 Å². The van der Waals surface area contributed by atoms with Crippen LogP contribution in [-0.2, 0) is 0 Å². The number of benzene rings is 1. The van der Waals surface area contributed by atoms with Crippen molar-refractivity contribution in [1.29, 1.82) is 0 Å². The molecule has 4 nitrogen and oxygen atoms in total. The summed E-state index contributed by atoms with van der Waals surface area (Å²) in [4.78, 5) is 4.34. The topological polar surface area (TPSA) is 51.6 Å². The third kappa shape index (κ3) is 2.51. The normalized spacial score (nSPS) is 20.9. The van der Waals surface area contributed by atoms with Gasteiger partial charge in [0.25, 0.3) is 0 Å². The minimum atomic E-state index is -0.579. The van der Waals surface area contributed by atoms with Gasteiger partial charge >= 0.3 is 0 Å². The van der Waals surface area contributed by atoms with Gasteiger partial charge in [0.1, 0.15) is 17.6 Å². The van der Waals surface area contributed by atoms with Crippen molar-refractivity contribution in [3.8, 4) is 11.5 Å². The standard InChI is InChI=1S/C15H14BrNO3/c1-19-10-3-5-14-11(6-10)13(18)7-15(20-14)12-4-2-9(16)8-17-12/h2-6,8,13,15,18H,7H2,1H3/t13-,15?/m0/s1. The van der Waals surface area contributed by atoms with Gasteiger partial charge in [-0.05, 0) is 46.3 Å². The monoisotopic (exact) mass is 335 g/mol. The van der Waals surface area contributed by atoms with Crippen LogP contribution in [0, 0.1) is 0 Å². The molecular formula is C15H14BrNO3. The van der Waals surface area contributed by atoms with E-state index < -0.39 is 6.10 Å². The van der Waals surface area contributed by atoms with E-state index in [-0.39, 0.29) is 6.10 Å². The van der Waals surface area contributed by atoms with Crippen LogP contribution in [0.4, 0.5) is 0 Å². The molecule has 0 saturated carbocycles. The summed E-state index contributed by atoms with van der Waals surface area (Å²) < 4.78 is 12.0. The van der Waals surface area contributed by atoms with Crippen LogP contribution in [0.1, 0.15) is 29.9 Å². The molecule has 104 valence electrons. The molecule has 0 amide bonds. The second-order valence-electron chi connectivity index (χ2n) is 4.66. The smallest absolute Gasteiger partial charge is 0.143 e. The van der Waals surface area contributed by atoms with Crippen LogP contribution >= 0.6 is 15.9 Å². The zero-order valence-electron chi connectivity index (χ0n) is 10.9. The number of nitrogens with zero attached hydrogens (tertiary/aromatic N) is 1. The lowest BCUT2D eigenvalue weighted by atomic mass is 9.97. The van der Waals surface area contributed by atoms with E-state index in [0.29, 0.717) is 17.9 Å². The Morgan fingerprint density at radius 1 is 1.35 bits per heavy atom. The summed E-state index contributed by atoms with van der Waals surface area (Å²) in [5.74, 6) is 1.39. The third-order valence-electron chi connectivity index (χ3n) is 3.36. The SMILES string of the molecule is COc1ccc2c(c1)[C@@H](O)CC(c1ccc(Br)cn1)O2. The van der Waals surface area contributed by atoms with Gasteiger partial charge < -0.3 is 14.6 Å². The zero-order chi connectivity index (χ0) is 14.1. The Labute approximate surface area is 125 Å². The van der Waals surface area contributed by atoms with Crippen molar-refractivity contribution in [2.75, 3.05) is 7.11 Å². The van der Waals surface area contributed by atoms with E-state index in [1.165, 1.54) is 0 Å². The van der Waals surface area contributed by atoms with Crippen molar-refractivity contribution >= 4 is 15.9 Å². The molecule has 2 heterocycles. The van der Waals surface area contributed by atoms with Gasteiger partial charge in [-0.3, -0.25) is 4.98 Å². The second-order valence-corrected chi connectivity index (χ2v) is 5.58. The molecular weight excluding hydrogens is 322 g/mol. The Hall–Kier alpha value is -1.59.